The zero-order chi connectivity index (χ0) is 14.5. The molecule has 6 nitrogen and oxygen atoms in total. The van der Waals surface area contributed by atoms with Crippen molar-refractivity contribution in [2.45, 2.75) is 39.3 Å². The van der Waals surface area contributed by atoms with Gasteiger partial charge < -0.3 is 20.4 Å². The normalized spacial score (nSPS) is 14.6. The molecule has 2 aromatic rings. The summed E-state index contributed by atoms with van der Waals surface area (Å²) in [5.41, 5.74) is 2.01. The summed E-state index contributed by atoms with van der Waals surface area (Å²) in [5.74, 6) is 0.251. The van der Waals surface area contributed by atoms with E-state index in [1.54, 1.807) is 6.20 Å². The number of H-pyrrole nitrogens is 2. The van der Waals surface area contributed by atoms with Gasteiger partial charge in [0.05, 0.1) is 17.9 Å². The van der Waals surface area contributed by atoms with Crippen molar-refractivity contribution in [3.8, 4) is 0 Å². The summed E-state index contributed by atoms with van der Waals surface area (Å²) in [7, 11) is 0. The number of aromatic amines is 2. The van der Waals surface area contributed by atoms with E-state index in [2.05, 4.69) is 27.2 Å². The highest BCUT2D eigenvalue weighted by atomic mass is 16.3. The smallest absolute Gasteiger partial charge is 0.275 e. The molecule has 0 saturated carbocycles. The number of fused-ring (bicyclic) bond motifs is 1. The number of aliphatic hydroxyl groups is 1. The summed E-state index contributed by atoms with van der Waals surface area (Å²) in [6.07, 6.45) is 4.96. The van der Waals surface area contributed by atoms with E-state index in [-0.39, 0.29) is 17.6 Å². The number of nitrogens with one attached hydrogen (secondary N) is 3. The standard InChI is InChI=1S/C14H22N4O2/c1-3-4-10(9(2)19)5-15-6-11-7-16-13-12(11)17-8-18-14(13)20/h7-10,15-16,19H,3-6H2,1-2H3,(H,17,18,20)/t9?,10-/m0/s1. The summed E-state index contributed by atoms with van der Waals surface area (Å²) < 4.78 is 0. The van der Waals surface area contributed by atoms with Gasteiger partial charge in [0, 0.05) is 24.8 Å². The van der Waals surface area contributed by atoms with Crippen LogP contribution in [0.25, 0.3) is 11.0 Å². The highest BCUT2D eigenvalue weighted by molar-refractivity contribution is 5.77. The average molecular weight is 278 g/mol. The van der Waals surface area contributed by atoms with Crippen molar-refractivity contribution in [1.82, 2.24) is 20.3 Å². The number of nitrogens with zero attached hydrogens (tertiary/aromatic N) is 1. The number of hydrogen-bond acceptors (Lipinski definition) is 4. The van der Waals surface area contributed by atoms with Gasteiger partial charge in [-0.1, -0.05) is 13.3 Å². The van der Waals surface area contributed by atoms with Crippen LogP contribution in [-0.2, 0) is 6.54 Å². The lowest BCUT2D eigenvalue weighted by Crippen LogP contribution is -2.29. The van der Waals surface area contributed by atoms with Crippen LogP contribution in [0.2, 0.25) is 0 Å². The Bertz CT molecular complexity index is 602. The maximum atomic E-state index is 11.6. The van der Waals surface area contributed by atoms with Gasteiger partial charge in [-0.2, -0.15) is 0 Å². The van der Waals surface area contributed by atoms with Gasteiger partial charge in [-0.15, -0.1) is 0 Å². The molecule has 0 radical (unpaired) electrons. The third kappa shape index (κ3) is 3.26. The first kappa shape index (κ1) is 14.7. The number of aromatic nitrogens is 3. The van der Waals surface area contributed by atoms with E-state index in [9.17, 15) is 9.90 Å². The van der Waals surface area contributed by atoms with Crippen molar-refractivity contribution in [2.24, 2.45) is 5.92 Å². The predicted octanol–water partition coefficient (Wildman–Crippen LogP) is 1.14. The Morgan fingerprint density at radius 1 is 1.45 bits per heavy atom. The van der Waals surface area contributed by atoms with E-state index in [0.29, 0.717) is 17.6 Å². The second kappa shape index (κ2) is 6.67. The zero-order valence-electron chi connectivity index (χ0n) is 11.9. The van der Waals surface area contributed by atoms with Crippen LogP contribution in [0.1, 0.15) is 32.3 Å². The Balaban J connectivity index is 1.99. The molecule has 0 saturated heterocycles. The summed E-state index contributed by atoms with van der Waals surface area (Å²) in [6, 6.07) is 0. The lowest BCUT2D eigenvalue weighted by atomic mass is 9.98. The first-order chi connectivity index (χ1) is 9.63. The average Bonchev–Trinajstić information content (AvgIpc) is 2.82. The maximum Gasteiger partial charge on any atom is 0.275 e. The van der Waals surface area contributed by atoms with Crippen LogP contribution < -0.4 is 10.9 Å². The van der Waals surface area contributed by atoms with Gasteiger partial charge in [-0.05, 0) is 19.3 Å². The quantitative estimate of drug-likeness (QED) is 0.611. The molecule has 2 atom stereocenters. The lowest BCUT2D eigenvalue weighted by Gasteiger charge is -2.19. The molecule has 0 spiro atoms. The molecule has 20 heavy (non-hydrogen) atoms. The Labute approximate surface area is 117 Å². The minimum absolute atomic E-state index is 0.158. The van der Waals surface area contributed by atoms with Crippen LogP contribution in [0.4, 0.5) is 0 Å². The van der Waals surface area contributed by atoms with Gasteiger partial charge in [0.15, 0.2) is 0 Å². The third-order valence-electron chi connectivity index (χ3n) is 3.61. The van der Waals surface area contributed by atoms with Crippen LogP contribution in [0, 0.1) is 5.92 Å². The van der Waals surface area contributed by atoms with Crippen LogP contribution in [0.5, 0.6) is 0 Å². The van der Waals surface area contributed by atoms with Crippen LogP contribution in [-0.4, -0.2) is 32.7 Å². The van der Waals surface area contributed by atoms with Crippen molar-refractivity contribution < 1.29 is 5.11 Å². The first-order valence-corrected chi connectivity index (χ1v) is 7.06. The zero-order valence-corrected chi connectivity index (χ0v) is 11.9. The van der Waals surface area contributed by atoms with Gasteiger partial charge in [-0.25, -0.2) is 4.98 Å². The summed E-state index contributed by atoms with van der Waals surface area (Å²) in [5, 5.41) is 13.0. The van der Waals surface area contributed by atoms with Gasteiger partial charge in [0.25, 0.3) is 5.56 Å². The number of aliphatic hydroxyl groups excluding tert-OH is 1. The van der Waals surface area contributed by atoms with Crippen molar-refractivity contribution in [3.63, 3.8) is 0 Å². The van der Waals surface area contributed by atoms with E-state index in [4.69, 9.17) is 0 Å². The monoisotopic (exact) mass is 278 g/mol. The molecule has 1 unspecified atom stereocenters. The van der Waals surface area contributed by atoms with E-state index < -0.39 is 0 Å². The maximum absolute atomic E-state index is 11.6. The van der Waals surface area contributed by atoms with Gasteiger partial charge in [0.1, 0.15) is 5.52 Å². The molecule has 0 aromatic carbocycles. The Hall–Kier alpha value is -1.66. The fourth-order valence-corrected chi connectivity index (χ4v) is 2.42. The molecule has 0 amide bonds. The van der Waals surface area contributed by atoms with Crippen molar-refractivity contribution in [1.29, 1.82) is 0 Å². The molecule has 2 heterocycles. The van der Waals surface area contributed by atoms with E-state index in [1.807, 2.05) is 6.92 Å². The molecule has 110 valence electrons. The summed E-state index contributed by atoms with van der Waals surface area (Å²) in [6.45, 7) is 5.32. The highest BCUT2D eigenvalue weighted by Gasteiger charge is 2.14. The fraction of sp³-hybridized carbons (Fsp3) is 0.571. The van der Waals surface area contributed by atoms with Crippen LogP contribution in [0.3, 0.4) is 0 Å². The Morgan fingerprint density at radius 2 is 2.25 bits per heavy atom. The minimum Gasteiger partial charge on any atom is -0.393 e. The third-order valence-corrected chi connectivity index (χ3v) is 3.61. The van der Waals surface area contributed by atoms with Crippen LogP contribution in [0.15, 0.2) is 17.3 Å². The van der Waals surface area contributed by atoms with Crippen molar-refractivity contribution in [2.75, 3.05) is 6.54 Å². The van der Waals surface area contributed by atoms with E-state index in [0.717, 1.165) is 24.9 Å². The largest absolute Gasteiger partial charge is 0.393 e. The van der Waals surface area contributed by atoms with Gasteiger partial charge in [-0.3, -0.25) is 4.79 Å². The van der Waals surface area contributed by atoms with Crippen molar-refractivity contribution >= 4 is 11.0 Å². The molecule has 6 heteroatoms. The van der Waals surface area contributed by atoms with E-state index in [1.165, 1.54) is 6.33 Å². The molecule has 0 fully saturated rings. The fourth-order valence-electron chi connectivity index (χ4n) is 2.42. The minimum atomic E-state index is -0.314. The molecule has 0 bridgehead atoms. The second-order valence-corrected chi connectivity index (χ2v) is 5.19. The van der Waals surface area contributed by atoms with Gasteiger partial charge >= 0.3 is 0 Å². The predicted molar refractivity (Wildman–Crippen MR) is 78.5 cm³/mol. The summed E-state index contributed by atoms with van der Waals surface area (Å²) in [4.78, 5) is 21.3. The number of hydrogen-bond donors (Lipinski definition) is 4. The molecule has 0 aliphatic rings. The van der Waals surface area contributed by atoms with Gasteiger partial charge in [0.2, 0.25) is 0 Å². The van der Waals surface area contributed by atoms with E-state index >= 15 is 0 Å². The molecular formula is C14H22N4O2. The Morgan fingerprint density at radius 3 is 2.95 bits per heavy atom. The molecule has 4 N–H and O–H groups in total. The molecule has 0 aliphatic heterocycles. The molecule has 2 rings (SSSR count). The topological polar surface area (TPSA) is 93.8 Å². The molecule has 2 aromatic heterocycles. The highest BCUT2D eigenvalue weighted by Crippen LogP contribution is 2.13. The Kier molecular flexibility index (Phi) is 4.92. The van der Waals surface area contributed by atoms with Crippen LogP contribution >= 0.6 is 0 Å². The SMILES string of the molecule is CCC[C@@H](CNCc1c[nH]c2c(=O)[nH]cnc12)C(C)O. The second-order valence-electron chi connectivity index (χ2n) is 5.19. The lowest BCUT2D eigenvalue weighted by molar-refractivity contribution is 0.118. The first-order valence-electron chi connectivity index (χ1n) is 7.06. The molecule has 0 aliphatic carbocycles. The summed E-state index contributed by atoms with van der Waals surface area (Å²) >= 11 is 0. The molecular weight excluding hydrogens is 256 g/mol. The van der Waals surface area contributed by atoms with Crippen molar-refractivity contribution in [3.05, 3.63) is 28.4 Å². The number of rotatable bonds is 7.